The van der Waals surface area contributed by atoms with Crippen LogP contribution < -0.4 is 20.9 Å². The third kappa shape index (κ3) is 12.5. The van der Waals surface area contributed by atoms with Crippen molar-refractivity contribution in [3.8, 4) is 10.4 Å². The van der Waals surface area contributed by atoms with Gasteiger partial charge >= 0.3 is 6.09 Å². The van der Waals surface area contributed by atoms with Gasteiger partial charge in [0.2, 0.25) is 17.7 Å². The number of nitrogens with zero attached hydrogens (tertiary/aromatic N) is 4. The highest BCUT2D eigenvalue weighted by molar-refractivity contribution is 7.13. The molecule has 0 spiro atoms. The minimum Gasteiger partial charge on any atom is -0.444 e. The Morgan fingerprint density at radius 2 is 1.58 bits per heavy atom. The molecular weight excluding hydrogens is 783 g/mol. The Bertz CT molecular complexity index is 1940. The number of amides is 5. The van der Waals surface area contributed by atoms with Gasteiger partial charge in [0.1, 0.15) is 11.6 Å². The summed E-state index contributed by atoms with van der Waals surface area (Å²) >= 11 is 1.60. The molecule has 0 aliphatic carbocycles. The van der Waals surface area contributed by atoms with Crippen LogP contribution in [0, 0.1) is 12.3 Å². The number of piperazine rings is 1. The molecule has 0 unspecified atom stereocenters. The number of likely N-dealkylation sites (tertiary alicyclic amines) is 1. The lowest BCUT2D eigenvalue weighted by Gasteiger charge is -2.36. The van der Waals surface area contributed by atoms with E-state index >= 15 is 0 Å². The number of aliphatic hydroxyl groups excluding tert-OH is 1. The summed E-state index contributed by atoms with van der Waals surface area (Å²) in [6.07, 6.45) is 2.00. The lowest BCUT2D eigenvalue weighted by molar-refractivity contribution is -0.147. The zero-order valence-electron chi connectivity index (χ0n) is 36.2. The number of aromatic nitrogens is 1. The first-order chi connectivity index (χ1) is 28.4. The molecular formula is C45H63N7O7S. The number of ether oxygens (including phenoxy) is 1. The van der Waals surface area contributed by atoms with Crippen LogP contribution in [0.3, 0.4) is 0 Å². The second kappa shape index (κ2) is 20.5. The summed E-state index contributed by atoms with van der Waals surface area (Å²) in [5.41, 5.74) is 5.00. The van der Waals surface area contributed by atoms with Crippen molar-refractivity contribution in [2.75, 3.05) is 50.7 Å². The quantitative estimate of drug-likeness (QED) is 0.139. The number of benzene rings is 2. The van der Waals surface area contributed by atoms with Crippen molar-refractivity contribution in [2.45, 2.75) is 111 Å². The molecule has 326 valence electrons. The Morgan fingerprint density at radius 3 is 2.22 bits per heavy atom. The maximum Gasteiger partial charge on any atom is 0.410 e. The number of unbranched alkanes of at least 4 members (excludes halogenated alkanes) is 2. The van der Waals surface area contributed by atoms with E-state index in [0.29, 0.717) is 64.1 Å². The third-order valence-electron chi connectivity index (χ3n) is 11.3. The normalized spacial score (nSPS) is 17.6. The van der Waals surface area contributed by atoms with Crippen molar-refractivity contribution < 1.29 is 33.8 Å². The molecule has 5 rings (SSSR count). The lowest BCUT2D eigenvalue weighted by atomic mass is 9.83. The van der Waals surface area contributed by atoms with Gasteiger partial charge in [0.05, 0.1) is 27.6 Å². The van der Waals surface area contributed by atoms with Crippen molar-refractivity contribution in [3.63, 3.8) is 0 Å². The average molecular weight is 846 g/mol. The van der Waals surface area contributed by atoms with Crippen LogP contribution >= 0.6 is 11.3 Å². The van der Waals surface area contributed by atoms with Crippen molar-refractivity contribution in [1.82, 2.24) is 30.7 Å². The van der Waals surface area contributed by atoms with Gasteiger partial charge in [-0.25, -0.2) is 9.78 Å². The van der Waals surface area contributed by atoms with Crippen LogP contribution in [0.5, 0.6) is 0 Å². The van der Waals surface area contributed by atoms with Gasteiger partial charge in [-0.3, -0.25) is 19.2 Å². The second-order valence-corrected chi connectivity index (χ2v) is 18.3. The number of rotatable bonds is 16. The summed E-state index contributed by atoms with van der Waals surface area (Å²) in [4.78, 5) is 76.1. The van der Waals surface area contributed by atoms with Crippen LogP contribution in [0.4, 0.5) is 10.5 Å². The van der Waals surface area contributed by atoms with Crippen LogP contribution in [0.1, 0.15) is 95.3 Å². The molecule has 2 aliphatic rings. The third-order valence-corrected chi connectivity index (χ3v) is 12.3. The molecule has 5 amide bonds. The van der Waals surface area contributed by atoms with E-state index in [2.05, 4.69) is 38.0 Å². The number of thiazole rings is 1. The Labute approximate surface area is 358 Å². The molecule has 1 aromatic heterocycles. The topological polar surface area (TPSA) is 174 Å². The predicted molar refractivity (Wildman–Crippen MR) is 234 cm³/mol. The molecule has 0 radical (unpaired) electrons. The van der Waals surface area contributed by atoms with Gasteiger partial charge in [-0.1, -0.05) is 30.7 Å². The van der Waals surface area contributed by atoms with Crippen LogP contribution in [0.25, 0.3) is 10.4 Å². The fourth-order valence-corrected chi connectivity index (χ4v) is 8.19. The van der Waals surface area contributed by atoms with E-state index in [1.54, 1.807) is 49.1 Å². The summed E-state index contributed by atoms with van der Waals surface area (Å²) in [6, 6.07) is 14.3. The minimum absolute atomic E-state index is 0.0532. The van der Waals surface area contributed by atoms with Gasteiger partial charge in [-0.2, -0.15) is 0 Å². The molecule has 14 nitrogen and oxygen atoms in total. The SMILES string of the molecule is Cc1ncsc1-c1ccc(CCNC(=O)[C@@H]2C[C@@H](O)CN2C(=O)C(C)(C)[C@H](C)NC(=O)CCCCCNC(=O)c2ccc(N3CCN(C(=O)OC(C)(C)C)CC3)cc2)cc1. The molecule has 3 aromatic rings. The summed E-state index contributed by atoms with van der Waals surface area (Å²) in [5, 5.41) is 19.4. The van der Waals surface area contributed by atoms with Gasteiger partial charge in [0.25, 0.3) is 5.91 Å². The smallest absolute Gasteiger partial charge is 0.410 e. The predicted octanol–water partition coefficient (Wildman–Crippen LogP) is 5.32. The molecule has 3 atom stereocenters. The zero-order valence-corrected chi connectivity index (χ0v) is 37.0. The number of hydrogen-bond donors (Lipinski definition) is 4. The van der Waals surface area contributed by atoms with Gasteiger partial charge in [0, 0.05) is 75.9 Å². The summed E-state index contributed by atoms with van der Waals surface area (Å²) in [7, 11) is 0. The summed E-state index contributed by atoms with van der Waals surface area (Å²) < 4.78 is 5.48. The average Bonchev–Trinajstić information content (AvgIpc) is 3.83. The number of β-amino-alcohol motifs (C(OH)–C–C–N with tert-alkyl or cyclic N) is 1. The summed E-state index contributed by atoms with van der Waals surface area (Å²) in [6.45, 7) is 16.2. The highest BCUT2D eigenvalue weighted by atomic mass is 32.1. The van der Waals surface area contributed by atoms with E-state index in [-0.39, 0.29) is 49.1 Å². The number of hydrogen-bond acceptors (Lipinski definition) is 10. The Morgan fingerprint density at radius 1 is 0.900 bits per heavy atom. The number of anilines is 1. The monoisotopic (exact) mass is 845 g/mol. The van der Waals surface area contributed by atoms with Crippen molar-refractivity contribution in [2.24, 2.45) is 5.41 Å². The highest BCUT2D eigenvalue weighted by Crippen LogP contribution is 2.30. The first kappa shape index (κ1) is 46.1. The molecule has 60 heavy (non-hydrogen) atoms. The summed E-state index contributed by atoms with van der Waals surface area (Å²) in [5.74, 6) is -0.944. The van der Waals surface area contributed by atoms with Crippen LogP contribution in [-0.4, -0.2) is 119 Å². The van der Waals surface area contributed by atoms with Gasteiger partial charge in [-0.05, 0) is 103 Å². The van der Waals surface area contributed by atoms with E-state index in [1.165, 1.54) is 4.90 Å². The Kier molecular flexibility index (Phi) is 15.7. The minimum atomic E-state index is -1.03. The zero-order chi connectivity index (χ0) is 43.6. The number of carbonyl (C=O) groups excluding carboxylic acids is 5. The van der Waals surface area contributed by atoms with Crippen LogP contribution in [0.2, 0.25) is 0 Å². The molecule has 2 saturated heterocycles. The standard InChI is InChI=1S/C45H63N7O7S/c1-30-39(60-29-48-30)33-14-12-32(13-15-33)20-22-47-41(56)37-27-36(53)28-52(37)42(57)45(6,7)31(2)49-38(54)11-9-8-10-21-46-40(55)34-16-18-35(19-17-34)50-23-25-51(26-24-50)43(58)59-44(3,4)5/h12-19,29,31,36-37,53H,8-11,20-28H2,1-7H3,(H,46,55)(H,47,56)(H,49,54)/t31-,36+,37-/m0/s1. The van der Waals surface area contributed by atoms with Crippen LogP contribution in [-0.2, 0) is 25.5 Å². The van der Waals surface area contributed by atoms with Crippen molar-refractivity contribution >= 4 is 46.7 Å². The van der Waals surface area contributed by atoms with Gasteiger partial charge in [-0.15, -0.1) is 11.3 Å². The number of aryl methyl sites for hydroxylation is 1. The number of nitrogens with one attached hydrogen (secondary N) is 3. The van der Waals surface area contributed by atoms with E-state index in [0.717, 1.165) is 33.8 Å². The second-order valence-electron chi connectivity index (χ2n) is 17.4. The molecule has 4 N–H and O–H groups in total. The highest BCUT2D eigenvalue weighted by Gasteiger charge is 2.46. The molecule has 0 bridgehead atoms. The van der Waals surface area contributed by atoms with E-state index in [4.69, 9.17) is 4.74 Å². The lowest BCUT2D eigenvalue weighted by Crippen LogP contribution is -2.55. The fourth-order valence-electron chi connectivity index (χ4n) is 7.37. The fraction of sp³-hybridized carbons (Fsp3) is 0.556. The molecule has 2 aliphatic heterocycles. The van der Waals surface area contributed by atoms with E-state index in [9.17, 15) is 29.1 Å². The molecule has 2 fully saturated rings. The number of aliphatic hydroxyl groups is 1. The first-order valence-electron chi connectivity index (χ1n) is 21.1. The Balaban J connectivity index is 0.973. The van der Waals surface area contributed by atoms with Gasteiger partial charge in [0.15, 0.2) is 0 Å². The maximum atomic E-state index is 13.9. The van der Waals surface area contributed by atoms with Crippen molar-refractivity contribution in [3.05, 3.63) is 70.9 Å². The molecule has 0 saturated carbocycles. The van der Waals surface area contributed by atoms with E-state index in [1.807, 2.05) is 57.5 Å². The Hall–Kier alpha value is -5.02. The van der Waals surface area contributed by atoms with Crippen LogP contribution in [0.15, 0.2) is 54.0 Å². The molecule has 2 aromatic carbocycles. The number of carbonyl (C=O) groups is 5. The van der Waals surface area contributed by atoms with Gasteiger partial charge < -0.3 is 40.5 Å². The first-order valence-corrected chi connectivity index (χ1v) is 22.0. The largest absolute Gasteiger partial charge is 0.444 e. The maximum absolute atomic E-state index is 13.9. The molecule has 3 heterocycles. The van der Waals surface area contributed by atoms with Crippen molar-refractivity contribution in [1.29, 1.82) is 0 Å². The van der Waals surface area contributed by atoms with E-state index < -0.39 is 29.2 Å². The molecule has 15 heteroatoms.